The third kappa shape index (κ3) is 4.91. The van der Waals surface area contributed by atoms with Crippen LogP contribution in [-0.2, 0) is 11.2 Å². The summed E-state index contributed by atoms with van der Waals surface area (Å²) in [6.07, 6.45) is 3.55. The summed E-state index contributed by atoms with van der Waals surface area (Å²) in [5, 5.41) is 0. The normalized spacial score (nSPS) is 10.4. The zero-order valence-corrected chi connectivity index (χ0v) is 11.9. The maximum Gasteiger partial charge on any atom is 0.222 e. The fourth-order valence-corrected chi connectivity index (χ4v) is 2.07. The number of rotatable bonds is 7. The third-order valence-corrected chi connectivity index (χ3v) is 3.09. The van der Waals surface area contributed by atoms with Crippen molar-refractivity contribution in [3.63, 3.8) is 0 Å². The molecule has 100 valence electrons. The number of nitrogens with zero attached hydrogens (tertiary/aromatic N) is 1. The summed E-state index contributed by atoms with van der Waals surface area (Å²) < 4.78 is 0. The Labute approximate surface area is 111 Å². The van der Waals surface area contributed by atoms with Crippen molar-refractivity contribution in [2.75, 3.05) is 13.1 Å². The van der Waals surface area contributed by atoms with Crippen LogP contribution in [0, 0.1) is 6.92 Å². The predicted molar refractivity (Wildman–Crippen MR) is 76.7 cm³/mol. The van der Waals surface area contributed by atoms with Crippen molar-refractivity contribution in [2.45, 2.75) is 46.5 Å². The monoisotopic (exact) mass is 247 g/mol. The van der Waals surface area contributed by atoms with Gasteiger partial charge in [0.2, 0.25) is 5.91 Å². The highest BCUT2D eigenvalue weighted by atomic mass is 16.2. The standard InChI is InChI=1S/C16H25NO/c1-4-12-17(13-5-2)16(18)11-10-15-8-6-14(3)7-9-15/h6-9H,4-5,10-13H2,1-3H3. The minimum absolute atomic E-state index is 0.291. The first kappa shape index (κ1) is 14.7. The second kappa shape index (κ2) is 7.91. The van der Waals surface area contributed by atoms with E-state index in [1.807, 2.05) is 4.90 Å². The van der Waals surface area contributed by atoms with E-state index in [2.05, 4.69) is 45.0 Å². The molecule has 2 nitrogen and oxygen atoms in total. The molecule has 0 aliphatic carbocycles. The van der Waals surface area contributed by atoms with E-state index in [0.717, 1.165) is 32.4 Å². The van der Waals surface area contributed by atoms with Crippen molar-refractivity contribution in [1.82, 2.24) is 4.90 Å². The van der Waals surface area contributed by atoms with Crippen LogP contribution in [0.2, 0.25) is 0 Å². The van der Waals surface area contributed by atoms with Crippen molar-refractivity contribution < 1.29 is 4.79 Å². The van der Waals surface area contributed by atoms with E-state index in [-0.39, 0.29) is 0 Å². The van der Waals surface area contributed by atoms with Gasteiger partial charge >= 0.3 is 0 Å². The van der Waals surface area contributed by atoms with Crippen molar-refractivity contribution in [3.05, 3.63) is 35.4 Å². The van der Waals surface area contributed by atoms with E-state index in [1.165, 1.54) is 11.1 Å². The number of aryl methyl sites for hydroxylation is 2. The topological polar surface area (TPSA) is 20.3 Å². The van der Waals surface area contributed by atoms with E-state index in [0.29, 0.717) is 12.3 Å². The summed E-state index contributed by atoms with van der Waals surface area (Å²) in [4.78, 5) is 14.1. The van der Waals surface area contributed by atoms with Crippen LogP contribution in [-0.4, -0.2) is 23.9 Å². The van der Waals surface area contributed by atoms with Gasteiger partial charge in [-0.1, -0.05) is 43.7 Å². The van der Waals surface area contributed by atoms with Gasteiger partial charge in [-0.2, -0.15) is 0 Å². The van der Waals surface area contributed by atoms with E-state index in [9.17, 15) is 4.79 Å². The molecule has 0 aliphatic rings. The van der Waals surface area contributed by atoms with Crippen molar-refractivity contribution >= 4 is 5.91 Å². The Balaban J connectivity index is 2.45. The molecule has 0 saturated heterocycles. The summed E-state index contributed by atoms with van der Waals surface area (Å²) in [5.41, 5.74) is 2.52. The first-order valence-electron chi connectivity index (χ1n) is 7.00. The molecule has 0 aromatic heterocycles. The van der Waals surface area contributed by atoms with Gasteiger partial charge in [0.1, 0.15) is 0 Å². The number of amides is 1. The molecule has 2 heteroatoms. The van der Waals surface area contributed by atoms with Gasteiger partial charge in [-0.15, -0.1) is 0 Å². The molecular formula is C16H25NO. The van der Waals surface area contributed by atoms with Crippen LogP contribution in [0.15, 0.2) is 24.3 Å². The summed E-state index contributed by atoms with van der Waals surface area (Å²) in [6.45, 7) is 8.10. The molecule has 0 fully saturated rings. The average Bonchev–Trinajstić information content (AvgIpc) is 2.37. The lowest BCUT2D eigenvalue weighted by Gasteiger charge is -2.21. The molecule has 18 heavy (non-hydrogen) atoms. The van der Waals surface area contributed by atoms with Gasteiger partial charge in [-0.05, 0) is 31.7 Å². The van der Waals surface area contributed by atoms with Crippen molar-refractivity contribution in [2.24, 2.45) is 0 Å². The number of carbonyl (C=O) groups excluding carboxylic acids is 1. The van der Waals surface area contributed by atoms with Crippen LogP contribution in [0.1, 0.15) is 44.2 Å². The number of hydrogen-bond donors (Lipinski definition) is 0. The highest BCUT2D eigenvalue weighted by molar-refractivity contribution is 5.76. The van der Waals surface area contributed by atoms with Crippen molar-refractivity contribution in [3.8, 4) is 0 Å². The Morgan fingerprint density at radius 3 is 2.11 bits per heavy atom. The van der Waals surface area contributed by atoms with Crippen LogP contribution in [0.4, 0.5) is 0 Å². The Morgan fingerprint density at radius 1 is 1.06 bits per heavy atom. The Morgan fingerprint density at radius 2 is 1.61 bits per heavy atom. The second-order valence-electron chi connectivity index (χ2n) is 4.87. The lowest BCUT2D eigenvalue weighted by molar-refractivity contribution is -0.131. The Hall–Kier alpha value is -1.31. The Kier molecular flexibility index (Phi) is 6.48. The molecule has 0 unspecified atom stereocenters. The minimum atomic E-state index is 0.291. The molecule has 0 saturated carbocycles. The van der Waals surface area contributed by atoms with Gasteiger partial charge in [0, 0.05) is 19.5 Å². The summed E-state index contributed by atoms with van der Waals surface area (Å²) in [7, 11) is 0. The summed E-state index contributed by atoms with van der Waals surface area (Å²) in [6, 6.07) is 8.45. The Bertz CT molecular complexity index is 350. The molecule has 0 heterocycles. The molecule has 0 aliphatic heterocycles. The van der Waals surface area contributed by atoms with Crippen LogP contribution >= 0.6 is 0 Å². The first-order valence-corrected chi connectivity index (χ1v) is 7.00. The first-order chi connectivity index (χ1) is 8.67. The highest BCUT2D eigenvalue weighted by Crippen LogP contribution is 2.08. The van der Waals surface area contributed by atoms with E-state index >= 15 is 0 Å². The van der Waals surface area contributed by atoms with Gasteiger partial charge in [0.25, 0.3) is 0 Å². The molecule has 1 amide bonds. The van der Waals surface area contributed by atoms with E-state index < -0.39 is 0 Å². The number of benzene rings is 1. The van der Waals surface area contributed by atoms with Gasteiger partial charge < -0.3 is 4.90 Å². The fourth-order valence-electron chi connectivity index (χ4n) is 2.07. The highest BCUT2D eigenvalue weighted by Gasteiger charge is 2.11. The van der Waals surface area contributed by atoms with Crippen LogP contribution < -0.4 is 0 Å². The largest absolute Gasteiger partial charge is 0.343 e. The maximum atomic E-state index is 12.1. The smallest absolute Gasteiger partial charge is 0.222 e. The average molecular weight is 247 g/mol. The molecule has 0 radical (unpaired) electrons. The lowest BCUT2D eigenvalue weighted by Crippen LogP contribution is -2.32. The molecule has 0 spiro atoms. The van der Waals surface area contributed by atoms with Gasteiger partial charge in [-0.25, -0.2) is 0 Å². The quantitative estimate of drug-likeness (QED) is 0.721. The zero-order chi connectivity index (χ0) is 13.4. The molecule has 1 aromatic rings. The SMILES string of the molecule is CCCN(CCC)C(=O)CCc1ccc(C)cc1. The number of hydrogen-bond acceptors (Lipinski definition) is 1. The lowest BCUT2D eigenvalue weighted by atomic mass is 10.1. The fraction of sp³-hybridized carbons (Fsp3) is 0.562. The zero-order valence-electron chi connectivity index (χ0n) is 11.9. The van der Waals surface area contributed by atoms with Crippen LogP contribution in [0.5, 0.6) is 0 Å². The molecular weight excluding hydrogens is 222 g/mol. The molecule has 1 rings (SSSR count). The van der Waals surface area contributed by atoms with E-state index in [1.54, 1.807) is 0 Å². The van der Waals surface area contributed by atoms with Gasteiger partial charge in [0.05, 0.1) is 0 Å². The van der Waals surface area contributed by atoms with Crippen LogP contribution in [0.25, 0.3) is 0 Å². The van der Waals surface area contributed by atoms with E-state index in [4.69, 9.17) is 0 Å². The van der Waals surface area contributed by atoms with Gasteiger partial charge in [-0.3, -0.25) is 4.79 Å². The third-order valence-electron chi connectivity index (χ3n) is 3.09. The molecule has 0 bridgehead atoms. The van der Waals surface area contributed by atoms with Crippen LogP contribution in [0.3, 0.4) is 0 Å². The van der Waals surface area contributed by atoms with Gasteiger partial charge in [0.15, 0.2) is 0 Å². The molecule has 0 atom stereocenters. The summed E-state index contributed by atoms with van der Waals surface area (Å²) >= 11 is 0. The second-order valence-corrected chi connectivity index (χ2v) is 4.87. The maximum absolute atomic E-state index is 12.1. The minimum Gasteiger partial charge on any atom is -0.343 e. The molecule has 0 N–H and O–H groups in total. The molecule has 1 aromatic carbocycles. The van der Waals surface area contributed by atoms with Crippen molar-refractivity contribution in [1.29, 1.82) is 0 Å². The number of carbonyl (C=O) groups is 1. The predicted octanol–water partition coefficient (Wildman–Crippen LogP) is 3.58. The summed E-state index contributed by atoms with van der Waals surface area (Å²) in [5.74, 6) is 0.291.